The standard InChI is InChI=1S/C14H17FN2O/c15-10-5-4-6-11-13(10)16-12(18)9-14(17-11)7-2-1-3-8-14/h4-6,17H,1-3,7-9H2,(H,16,18). The van der Waals surface area contributed by atoms with Gasteiger partial charge in [0.25, 0.3) is 0 Å². The molecule has 1 spiro atoms. The Balaban J connectivity index is 2.00. The van der Waals surface area contributed by atoms with Crippen molar-refractivity contribution < 1.29 is 9.18 Å². The van der Waals surface area contributed by atoms with Crippen LogP contribution in [0.4, 0.5) is 15.8 Å². The van der Waals surface area contributed by atoms with Crippen LogP contribution >= 0.6 is 0 Å². The van der Waals surface area contributed by atoms with Crippen molar-refractivity contribution in [1.29, 1.82) is 0 Å². The molecule has 1 fully saturated rings. The van der Waals surface area contributed by atoms with E-state index in [0.29, 0.717) is 17.8 Å². The number of carbonyl (C=O) groups is 1. The van der Waals surface area contributed by atoms with Crippen LogP contribution < -0.4 is 10.6 Å². The van der Waals surface area contributed by atoms with Crippen LogP contribution in [0, 0.1) is 5.82 Å². The van der Waals surface area contributed by atoms with E-state index in [1.54, 1.807) is 6.07 Å². The number of benzene rings is 1. The number of carbonyl (C=O) groups excluding carboxylic acids is 1. The van der Waals surface area contributed by atoms with Crippen LogP contribution in [0.1, 0.15) is 38.5 Å². The summed E-state index contributed by atoms with van der Waals surface area (Å²) in [4.78, 5) is 12.0. The second-order valence-electron chi connectivity index (χ2n) is 5.35. The topological polar surface area (TPSA) is 41.1 Å². The summed E-state index contributed by atoms with van der Waals surface area (Å²) in [6.07, 6.45) is 5.88. The Morgan fingerprint density at radius 2 is 1.94 bits per heavy atom. The minimum atomic E-state index is -0.374. The highest BCUT2D eigenvalue weighted by Crippen LogP contribution is 2.39. The van der Waals surface area contributed by atoms with E-state index in [9.17, 15) is 9.18 Å². The molecule has 1 aromatic rings. The van der Waals surface area contributed by atoms with E-state index in [0.717, 1.165) is 25.7 Å². The van der Waals surface area contributed by atoms with E-state index < -0.39 is 0 Å². The second-order valence-corrected chi connectivity index (χ2v) is 5.35. The highest BCUT2D eigenvalue weighted by atomic mass is 19.1. The molecule has 0 saturated heterocycles. The van der Waals surface area contributed by atoms with Crippen molar-refractivity contribution in [3.05, 3.63) is 24.0 Å². The van der Waals surface area contributed by atoms with Crippen molar-refractivity contribution in [3.8, 4) is 0 Å². The molecule has 3 rings (SSSR count). The zero-order valence-electron chi connectivity index (χ0n) is 10.3. The van der Waals surface area contributed by atoms with Crippen LogP contribution in [-0.4, -0.2) is 11.4 Å². The summed E-state index contributed by atoms with van der Waals surface area (Å²) < 4.78 is 13.7. The maximum Gasteiger partial charge on any atom is 0.226 e. The Bertz CT molecular complexity index is 481. The van der Waals surface area contributed by atoms with Gasteiger partial charge >= 0.3 is 0 Å². The van der Waals surface area contributed by atoms with Crippen molar-refractivity contribution in [2.75, 3.05) is 10.6 Å². The number of anilines is 2. The lowest BCUT2D eigenvalue weighted by atomic mass is 9.79. The minimum absolute atomic E-state index is 0.0896. The second kappa shape index (κ2) is 4.26. The molecule has 0 aromatic heterocycles. The SMILES string of the molecule is O=C1CC2(CCCCC2)Nc2cccc(F)c2N1. The van der Waals surface area contributed by atoms with Crippen LogP contribution in [0.3, 0.4) is 0 Å². The fraction of sp³-hybridized carbons (Fsp3) is 0.500. The molecule has 0 unspecified atom stereocenters. The van der Waals surface area contributed by atoms with E-state index >= 15 is 0 Å². The molecule has 96 valence electrons. The smallest absolute Gasteiger partial charge is 0.226 e. The Labute approximate surface area is 106 Å². The number of rotatable bonds is 0. The van der Waals surface area contributed by atoms with Gasteiger partial charge in [0, 0.05) is 12.0 Å². The van der Waals surface area contributed by atoms with Gasteiger partial charge in [0.15, 0.2) is 0 Å². The number of nitrogens with one attached hydrogen (secondary N) is 2. The highest BCUT2D eigenvalue weighted by Gasteiger charge is 2.37. The minimum Gasteiger partial charge on any atom is -0.377 e. The summed E-state index contributed by atoms with van der Waals surface area (Å²) >= 11 is 0. The van der Waals surface area contributed by atoms with Gasteiger partial charge in [-0.15, -0.1) is 0 Å². The molecule has 2 aliphatic rings. The van der Waals surface area contributed by atoms with Crippen LogP contribution in [0.5, 0.6) is 0 Å². The van der Waals surface area contributed by atoms with Crippen molar-refractivity contribution >= 4 is 17.3 Å². The average Bonchev–Trinajstić information content (AvgIpc) is 2.47. The molecular formula is C14H17FN2O. The van der Waals surface area contributed by atoms with Gasteiger partial charge in [0.1, 0.15) is 11.5 Å². The number of para-hydroxylation sites is 1. The zero-order chi connectivity index (χ0) is 12.6. The number of halogens is 1. The predicted molar refractivity (Wildman–Crippen MR) is 69.1 cm³/mol. The summed E-state index contributed by atoms with van der Waals surface area (Å²) in [5, 5.41) is 6.11. The van der Waals surface area contributed by atoms with Crippen molar-refractivity contribution in [1.82, 2.24) is 0 Å². The number of fused-ring (bicyclic) bond motifs is 1. The Morgan fingerprint density at radius 1 is 1.17 bits per heavy atom. The molecule has 0 radical (unpaired) electrons. The van der Waals surface area contributed by atoms with Gasteiger partial charge in [-0.25, -0.2) is 4.39 Å². The number of hydrogen-bond acceptors (Lipinski definition) is 2. The fourth-order valence-electron chi connectivity index (χ4n) is 3.11. The lowest BCUT2D eigenvalue weighted by Gasteiger charge is -2.37. The molecule has 0 bridgehead atoms. The molecule has 1 saturated carbocycles. The summed E-state index contributed by atoms with van der Waals surface area (Å²) in [7, 11) is 0. The van der Waals surface area contributed by atoms with E-state index in [-0.39, 0.29) is 17.3 Å². The normalized spacial score (nSPS) is 21.7. The zero-order valence-corrected chi connectivity index (χ0v) is 10.3. The van der Waals surface area contributed by atoms with E-state index in [1.807, 2.05) is 6.07 Å². The summed E-state index contributed by atoms with van der Waals surface area (Å²) in [6, 6.07) is 4.88. The Kier molecular flexibility index (Phi) is 2.73. The van der Waals surface area contributed by atoms with E-state index in [1.165, 1.54) is 12.5 Å². The summed E-state index contributed by atoms with van der Waals surface area (Å²) in [6.45, 7) is 0. The number of hydrogen-bond donors (Lipinski definition) is 2. The van der Waals surface area contributed by atoms with Gasteiger partial charge in [0.2, 0.25) is 5.91 Å². The quantitative estimate of drug-likeness (QED) is 0.739. The van der Waals surface area contributed by atoms with Crippen molar-refractivity contribution in [3.63, 3.8) is 0 Å². The van der Waals surface area contributed by atoms with Gasteiger partial charge in [-0.1, -0.05) is 25.3 Å². The van der Waals surface area contributed by atoms with Crippen LogP contribution in [-0.2, 0) is 4.79 Å². The molecule has 18 heavy (non-hydrogen) atoms. The summed E-state index contributed by atoms with van der Waals surface area (Å²) in [5.41, 5.74) is 0.828. The first-order chi connectivity index (χ1) is 8.69. The monoisotopic (exact) mass is 248 g/mol. The molecule has 1 aromatic carbocycles. The van der Waals surface area contributed by atoms with Gasteiger partial charge in [-0.3, -0.25) is 4.79 Å². The first-order valence-corrected chi connectivity index (χ1v) is 6.55. The van der Waals surface area contributed by atoms with E-state index in [4.69, 9.17) is 0 Å². The molecule has 4 heteroatoms. The van der Waals surface area contributed by atoms with E-state index in [2.05, 4.69) is 10.6 Å². The molecule has 2 N–H and O–H groups in total. The van der Waals surface area contributed by atoms with Crippen LogP contribution in [0.2, 0.25) is 0 Å². The molecule has 1 aliphatic carbocycles. The Hall–Kier alpha value is -1.58. The average molecular weight is 248 g/mol. The van der Waals surface area contributed by atoms with Crippen LogP contribution in [0.25, 0.3) is 0 Å². The van der Waals surface area contributed by atoms with Gasteiger partial charge < -0.3 is 10.6 Å². The molecule has 3 nitrogen and oxygen atoms in total. The van der Waals surface area contributed by atoms with Crippen molar-refractivity contribution in [2.45, 2.75) is 44.1 Å². The fourth-order valence-corrected chi connectivity index (χ4v) is 3.11. The molecule has 1 heterocycles. The maximum atomic E-state index is 13.7. The molecule has 1 amide bonds. The Morgan fingerprint density at radius 3 is 2.72 bits per heavy atom. The third kappa shape index (κ3) is 1.96. The lowest BCUT2D eigenvalue weighted by Crippen LogP contribution is -2.41. The largest absolute Gasteiger partial charge is 0.377 e. The number of amides is 1. The van der Waals surface area contributed by atoms with Gasteiger partial charge in [0.05, 0.1) is 5.69 Å². The maximum absolute atomic E-state index is 13.7. The molecule has 1 aliphatic heterocycles. The molecular weight excluding hydrogens is 231 g/mol. The van der Waals surface area contributed by atoms with Gasteiger partial charge in [-0.2, -0.15) is 0 Å². The van der Waals surface area contributed by atoms with Crippen molar-refractivity contribution in [2.24, 2.45) is 0 Å². The molecule has 0 atom stereocenters. The first-order valence-electron chi connectivity index (χ1n) is 6.55. The first kappa shape index (κ1) is 11.5. The third-order valence-electron chi connectivity index (χ3n) is 3.99. The summed E-state index contributed by atoms with van der Waals surface area (Å²) in [5.74, 6) is -0.463. The third-order valence-corrected chi connectivity index (χ3v) is 3.99. The van der Waals surface area contributed by atoms with Gasteiger partial charge in [-0.05, 0) is 25.0 Å². The van der Waals surface area contributed by atoms with Crippen LogP contribution in [0.15, 0.2) is 18.2 Å². The predicted octanol–water partition coefficient (Wildman–Crippen LogP) is 3.28. The highest BCUT2D eigenvalue weighted by molar-refractivity contribution is 5.97. The lowest BCUT2D eigenvalue weighted by molar-refractivity contribution is -0.117.